The van der Waals surface area contributed by atoms with E-state index in [9.17, 15) is 4.39 Å². The summed E-state index contributed by atoms with van der Waals surface area (Å²) in [4.78, 5) is 4.51. The van der Waals surface area contributed by atoms with Gasteiger partial charge in [0.15, 0.2) is 0 Å². The molecule has 2 aromatic rings. The molecule has 3 unspecified atom stereocenters. The van der Waals surface area contributed by atoms with E-state index in [1.54, 1.807) is 6.92 Å². The highest BCUT2D eigenvalue weighted by molar-refractivity contribution is 6.20. The van der Waals surface area contributed by atoms with Gasteiger partial charge in [-0.3, -0.25) is 0 Å². The van der Waals surface area contributed by atoms with E-state index in [1.165, 1.54) is 12.5 Å². The van der Waals surface area contributed by atoms with Gasteiger partial charge in [-0.1, -0.05) is 6.92 Å². The van der Waals surface area contributed by atoms with Crippen LogP contribution < -0.4 is 0 Å². The fraction of sp³-hybridized carbons (Fsp3) is 0.533. The standard InChI is InChI=1S/C15H18ClFN2/c1-8-4-11(8)7-19-14-5-9(2)12(17)6-13(14)18-15(19)10(3)16/h5-6,8,10-11H,4,7H2,1-3H3. The van der Waals surface area contributed by atoms with Crippen LogP contribution in [0.15, 0.2) is 12.1 Å². The lowest BCUT2D eigenvalue weighted by Crippen LogP contribution is -2.06. The lowest BCUT2D eigenvalue weighted by molar-refractivity contribution is 0.581. The van der Waals surface area contributed by atoms with Crippen LogP contribution in [0, 0.1) is 24.6 Å². The highest BCUT2D eigenvalue weighted by atomic mass is 35.5. The number of aryl methyl sites for hydroxylation is 1. The quantitative estimate of drug-likeness (QED) is 0.760. The van der Waals surface area contributed by atoms with Crippen LogP contribution in [0.25, 0.3) is 11.0 Å². The van der Waals surface area contributed by atoms with Crippen molar-refractivity contribution < 1.29 is 4.39 Å². The molecule has 0 bridgehead atoms. The minimum Gasteiger partial charge on any atom is -0.326 e. The van der Waals surface area contributed by atoms with Crippen molar-refractivity contribution in [2.75, 3.05) is 0 Å². The molecule has 1 heterocycles. The average Bonchev–Trinajstić information content (AvgIpc) is 2.91. The van der Waals surface area contributed by atoms with Gasteiger partial charge in [0.05, 0.1) is 16.4 Å². The molecule has 0 aliphatic heterocycles. The second kappa shape index (κ2) is 4.48. The molecule has 2 nitrogen and oxygen atoms in total. The minimum atomic E-state index is -0.203. The molecule has 0 N–H and O–H groups in total. The number of benzene rings is 1. The Balaban J connectivity index is 2.14. The highest BCUT2D eigenvalue weighted by Crippen LogP contribution is 2.40. The molecule has 1 aromatic heterocycles. The highest BCUT2D eigenvalue weighted by Gasteiger charge is 2.34. The van der Waals surface area contributed by atoms with Crippen LogP contribution in [0.4, 0.5) is 4.39 Å². The summed E-state index contributed by atoms with van der Waals surface area (Å²) < 4.78 is 15.8. The minimum absolute atomic E-state index is 0.162. The lowest BCUT2D eigenvalue weighted by Gasteiger charge is -2.10. The maximum Gasteiger partial charge on any atom is 0.128 e. The molecule has 19 heavy (non-hydrogen) atoms. The van der Waals surface area contributed by atoms with Crippen LogP contribution >= 0.6 is 11.6 Å². The van der Waals surface area contributed by atoms with Gasteiger partial charge in [-0.2, -0.15) is 0 Å². The van der Waals surface area contributed by atoms with Gasteiger partial charge in [-0.15, -0.1) is 11.6 Å². The second-order valence-electron chi connectivity index (χ2n) is 5.76. The van der Waals surface area contributed by atoms with Crippen LogP contribution in [0.2, 0.25) is 0 Å². The van der Waals surface area contributed by atoms with Gasteiger partial charge < -0.3 is 4.57 Å². The Hall–Kier alpha value is -1.09. The van der Waals surface area contributed by atoms with Crippen LogP contribution in [0.5, 0.6) is 0 Å². The van der Waals surface area contributed by atoms with E-state index < -0.39 is 0 Å². The van der Waals surface area contributed by atoms with Crippen molar-refractivity contribution in [1.29, 1.82) is 0 Å². The van der Waals surface area contributed by atoms with Crippen molar-refractivity contribution in [1.82, 2.24) is 9.55 Å². The van der Waals surface area contributed by atoms with Crippen LogP contribution in [-0.4, -0.2) is 9.55 Å². The summed E-state index contributed by atoms with van der Waals surface area (Å²) in [5.41, 5.74) is 2.37. The van der Waals surface area contributed by atoms with E-state index in [0.29, 0.717) is 17.0 Å². The normalized spacial score (nSPS) is 23.8. The molecule has 1 saturated carbocycles. The molecule has 1 fully saturated rings. The summed E-state index contributed by atoms with van der Waals surface area (Å²) in [5.74, 6) is 2.13. The molecule has 1 aliphatic carbocycles. The summed E-state index contributed by atoms with van der Waals surface area (Å²) in [6.45, 7) is 6.90. The first-order valence-corrected chi connectivity index (χ1v) is 7.21. The fourth-order valence-corrected chi connectivity index (χ4v) is 2.82. The zero-order valence-corrected chi connectivity index (χ0v) is 12.2. The molecule has 4 heteroatoms. The first-order chi connectivity index (χ1) is 8.97. The Morgan fingerprint density at radius 2 is 2.21 bits per heavy atom. The van der Waals surface area contributed by atoms with Crippen LogP contribution in [0.1, 0.15) is 37.0 Å². The van der Waals surface area contributed by atoms with Crippen molar-refractivity contribution in [3.05, 3.63) is 29.3 Å². The molecule has 0 saturated heterocycles. The SMILES string of the molecule is Cc1cc2c(cc1F)nc(C(C)Cl)n2CC1CC1C. The summed E-state index contributed by atoms with van der Waals surface area (Å²) in [6.07, 6.45) is 1.26. The first kappa shape index (κ1) is 12.9. The zero-order valence-electron chi connectivity index (χ0n) is 11.5. The maximum absolute atomic E-state index is 13.6. The Morgan fingerprint density at radius 3 is 2.79 bits per heavy atom. The van der Waals surface area contributed by atoms with Gasteiger partial charge in [0.2, 0.25) is 0 Å². The Labute approximate surface area is 117 Å². The predicted molar refractivity (Wildman–Crippen MR) is 76.0 cm³/mol. The summed E-state index contributed by atoms with van der Waals surface area (Å²) >= 11 is 6.22. The topological polar surface area (TPSA) is 17.8 Å². The Kier molecular flexibility index (Phi) is 3.05. The molecule has 1 aromatic carbocycles. The number of aromatic nitrogens is 2. The molecular formula is C15H18ClFN2. The number of alkyl halides is 1. The largest absolute Gasteiger partial charge is 0.326 e. The van der Waals surface area contributed by atoms with Gasteiger partial charge in [-0.05, 0) is 43.7 Å². The van der Waals surface area contributed by atoms with Gasteiger partial charge in [0.25, 0.3) is 0 Å². The molecule has 0 amide bonds. The third kappa shape index (κ3) is 2.25. The van der Waals surface area contributed by atoms with Crippen molar-refractivity contribution >= 4 is 22.6 Å². The Bertz CT molecular complexity index is 633. The van der Waals surface area contributed by atoms with Crippen molar-refractivity contribution in [3.63, 3.8) is 0 Å². The number of halogens is 2. The van der Waals surface area contributed by atoms with Crippen molar-refractivity contribution in [2.24, 2.45) is 11.8 Å². The number of imidazole rings is 1. The second-order valence-corrected chi connectivity index (χ2v) is 6.41. The van der Waals surface area contributed by atoms with E-state index in [0.717, 1.165) is 23.8 Å². The average molecular weight is 281 g/mol. The van der Waals surface area contributed by atoms with Crippen LogP contribution in [0.3, 0.4) is 0 Å². The first-order valence-electron chi connectivity index (χ1n) is 6.77. The number of fused-ring (bicyclic) bond motifs is 1. The number of rotatable bonds is 3. The number of hydrogen-bond donors (Lipinski definition) is 0. The van der Waals surface area contributed by atoms with E-state index in [2.05, 4.69) is 16.5 Å². The van der Waals surface area contributed by atoms with Crippen molar-refractivity contribution in [3.8, 4) is 0 Å². The number of nitrogens with zero attached hydrogens (tertiary/aromatic N) is 2. The van der Waals surface area contributed by atoms with E-state index in [4.69, 9.17) is 11.6 Å². The molecule has 102 valence electrons. The number of hydrogen-bond acceptors (Lipinski definition) is 1. The predicted octanol–water partition coefficient (Wildman–Crippen LogP) is 4.44. The van der Waals surface area contributed by atoms with E-state index >= 15 is 0 Å². The van der Waals surface area contributed by atoms with E-state index in [1.807, 2.05) is 13.0 Å². The Morgan fingerprint density at radius 1 is 1.53 bits per heavy atom. The third-order valence-corrected chi connectivity index (χ3v) is 4.30. The summed E-state index contributed by atoms with van der Waals surface area (Å²) in [6, 6.07) is 3.40. The molecule has 0 radical (unpaired) electrons. The molecule has 3 atom stereocenters. The van der Waals surface area contributed by atoms with Gasteiger partial charge in [0, 0.05) is 12.6 Å². The lowest BCUT2D eigenvalue weighted by atomic mass is 10.2. The molecule has 3 rings (SSSR count). The summed E-state index contributed by atoms with van der Waals surface area (Å²) in [5, 5.41) is -0.162. The third-order valence-electron chi connectivity index (χ3n) is 4.11. The molecule has 0 spiro atoms. The molecular weight excluding hydrogens is 263 g/mol. The van der Waals surface area contributed by atoms with Crippen LogP contribution in [-0.2, 0) is 6.54 Å². The van der Waals surface area contributed by atoms with Gasteiger partial charge in [0.1, 0.15) is 11.6 Å². The zero-order chi connectivity index (χ0) is 13.7. The van der Waals surface area contributed by atoms with Crippen molar-refractivity contribution in [2.45, 2.75) is 39.1 Å². The maximum atomic E-state index is 13.6. The van der Waals surface area contributed by atoms with Gasteiger partial charge >= 0.3 is 0 Å². The summed E-state index contributed by atoms with van der Waals surface area (Å²) in [7, 11) is 0. The monoisotopic (exact) mass is 280 g/mol. The molecule has 1 aliphatic rings. The van der Waals surface area contributed by atoms with Gasteiger partial charge in [-0.25, -0.2) is 9.37 Å². The van der Waals surface area contributed by atoms with E-state index in [-0.39, 0.29) is 11.2 Å². The smallest absolute Gasteiger partial charge is 0.128 e. The fourth-order valence-electron chi connectivity index (χ4n) is 2.65.